The van der Waals surface area contributed by atoms with Gasteiger partial charge in [-0.2, -0.15) is 0 Å². The Labute approximate surface area is 172 Å². The number of para-hydroxylation sites is 1. The van der Waals surface area contributed by atoms with E-state index in [-0.39, 0.29) is 17.9 Å². The Kier molecular flexibility index (Phi) is 7.06. The highest BCUT2D eigenvalue weighted by atomic mass is 16.4. The molecule has 0 atom stereocenters. The van der Waals surface area contributed by atoms with Gasteiger partial charge >= 0.3 is 5.97 Å². The molecule has 0 spiro atoms. The molecule has 0 bridgehead atoms. The molecule has 2 aromatic rings. The number of nitrogens with zero attached hydrogens (tertiary/aromatic N) is 1. The number of carbonyl (C=O) groups is 2. The first-order valence-electron chi connectivity index (χ1n) is 10.2. The zero-order valence-electron chi connectivity index (χ0n) is 16.9. The lowest BCUT2D eigenvalue weighted by Gasteiger charge is -2.31. The van der Waals surface area contributed by atoms with E-state index in [1.807, 2.05) is 18.2 Å². The quantitative estimate of drug-likeness (QED) is 0.729. The van der Waals surface area contributed by atoms with E-state index in [9.17, 15) is 9.59 Å². The Hall–Kier alpha value is -3.08. The molecule has 5 heteroatoms. The van der Waals surface area contributed by atoms with Crippen LogP contribution in [0.2, 0.25) is 0 Å². The molecule has 152 valence electrons. The van der Waals surface area contributed by atoms with Crippen LogP contribution >= 0.6 is 0 Å². The average molecular weight is 392 g/mol. The first-order chi connectivity index (χ1) is 14.1. The maximum Gasteiger partial charge on any atom is 0.335 e. The first kappa shape index (κ1) is 20.6. The van der Waals surface area contributed by atoms with E-state index in [2.05, 4.69) is 29.3 Å². The largest absolute Gasteiger partial charge is 0.478 e. The first-order valence-corrected chi connectivity index (χ1v) is 10.2. The third-order valence-electron chi connectivity index (χ3n) is 5.14. The van der Waals surface area contributed by atoms with Gasteiger partial charge in [0.15, 0.2) is 0 Å². The highest BCUT2D eigenvalue weighted by molar-refractivity contribution is 5.91. The molecule has 0 aromatic heterocycles. The van der Waals surface area contributed by atoms with Gasteiger partial charge in [0.2, 0.25) is 5.91 Å². The number of aromatic carboxylic acids is 1. The van der Waals surface area contributed by atoms with E-state index in [1.54, 1.807) is 12.1 Å². The van der Waals surface area contributed by atoms with Gasteiger partial charge in [-0.15, -0.1) is 0 Å². The van der Waals surface area contributed by atoms with Gasteiger partial charge in [0.05, 0.1) is 12.0 Å². The average Bonchev–Trinajstić information content (AvgIpc) is 2.74. The second kappa shape index (κ2) is 9.92. The molecule has 3 rings (SSSR count). The number of carboxylic acid groups (broad SMARTS) is 1. The minimum atomic E-state index is -0.969. The fourth-order valence-electron chi connectivity index (χ4n) is 3.69. The van der Waals surface area contributed by atoms with Crippen molar-refractivity contribution in [3.8, 4) is 0 Å². The molecule has 0 aliphatic carbocycles. The molecule has 29 heavy (non-hydrogen) atoms. The Morgan fingerprint density at radius 1 is 1.03 bits per heavy atom. The molecule has 2 aromatic carbocycles. The highest BCUT2D eigenvalue weighted by Gasteiger charge is 2.17. The highest BCUT2D eigenvalue weighted by Crippen LogP contribution is 2.28. The number of anilines is 1. The molecule has 1 aliphatic rings. The standard InChI is InChI=1S/C24H28N2O3/c1-2-8-21(20-9-4-5-10-22(20)26-15-6-3-7-16-26)25-23(27)17-18-11-13-19(14-12-18)24(28)29/h4-5,8-14H,2-3,6-7,15-17H2,1H3,(H,25,27)(H,28,29)/b21-8+. The van der Waals surface area contributed by atoms with Crippen LogP contribution in [0.3, 0.4) is 0 Å². The van der Waals surface area contributed by atoms with Crippen LogP contribution in [0.1, 0.15) is 54.1 Å². The van der Waals surface area contributed by atoms with Crippen molar-refractivity contribution in [1.82, 2.24) is 5.32 Å². The number of amides is 1. The number of hydrogen-bond acceptors (Lipinski definition) is 3. The Morgan fingerprint density at radius 3 is 2.38 bits per heavy atom. The van der Waals surface area contributed by atoms with E-state index >= 15 is 0 Å². The molecule has 5 nitrogen and oxygen atoms in total. The molecule has 1 saturated heterocycles. The molecule has 1 amide bonds. The van der Waals surface area contributed by atoms with Crippen molar-refractivity contribution in [2.75, 3.05) is 18.0 Å². The zero-order valence-corrected chi connectivity index (χ0v) is 16.9. The van der Waals surface area contributed by atoms with Gasteiger partial charge in [0, 0.05) is 30.0 Å². The summed E-state index contributed by atoms with van der Waals surface area (Å²) in [5.74, 6) is -1.08. The van der Waals surface area contributed by atoms with Gasteiger partial charge < -0.3 is 15.3 Å². The lowest BCUT2D eigenvalue weighted by molar-refractivity contribution is -0.119. The second-order valence-electron chi connectivity index (χ2n) is 7.32. The van der Waals surface area contributed by atoms with Crippen LogP contribution in [0.25, 0.3) is 5.70 Å². The van der Waals surface area contributed by atoms with Crippen LogP contribution in [0, 0.1) is 0 Å². The van der Waals surface area contributed by atoms with Crippen LogP contribution in [0.4, 0.5) is 5.69 Å². The Morgan fingerprint density at radius 2 is 1.72 bits per heavy atom. The van der Waals surface area contributed by atoms with E-state index in [1.165, 1.54) is 31.4 Å². The lowest BCUT2D eigenvalue weighted by atomic mass is 10.0. The Bertz CT molecular complexity index is 881. The van der Waals surface area contributed by atoms with Crippen molar-refractivity contribution in [2.24, 2.45) is 0 Å². The van der Waals surface area contributed by atoms with Crippen molar-refractivity contribution >= 4 is 23.3 Å². The molecule has 1 fully saturated rings. The molecule has 0 radical (unpaired) electrons. The number of rotatable bonds is 7. The fourth-order valence-corrected chi connectivity index (χ4v) is 3.69. The minimum absolute atomic E-state index is 0.110. The maximum absolute atomic E-state index is 12.7. The van der Waals surface area contributed by atoms with Crippen molar-refractivity contribution < 1.29 is 14.7 Å². The van der Waals surface area contributed by atoms with Crippen LogP contribution in [-0.4, -0.2) is 30.1 Å². The summed E-state index contributed by atoms with van der Waals surface area (Å²) < 4.78 is 0. The zero-order chi connectivity index (χ0) is 20.6. The number of allylic oxidation sites excluding steroid dienone is 1. The van der Waals surface area contributed by atoms with E-state index < -0.39 is 5.97 Å². The predicted molar refractivity (Wildman–Crippen MR) is 116 cm³/mol. The molecule has 0 saturated carbocycles. The van der Waals surface area contributed by atoms with E-state index in [0.29, 0.717) is 0 Å². The van der Waals surface area contributed by atoms with Crippen LogP contribution in [-0.2, 0) is 11.2 Å². The number of hydrogen-bond donors (Lipinski definition) is 2. The molecule has 2 N–H and O–H groups in total. The SMILES string of the molecule is CC/C=C(/NC(=O)Cc1ccc(C(=O)O)cc1)c1ccccc1N1CCCCC1. The van der Waals surface area contributed by atoms with Gasteiger partial charge in [0.1, 0.15) is 0 Å². The predicted octanol–water partition coefficient (Wildman–Crippen LogP) is 4.48. The maximum atomic E-state index is 12.7. The number of nitrogens with one attached hydrogen (secondary N) is 1. The number of benzene rings is 2. The molecular weight excluding hydrogens is 364 g/mol. The number of piperidine rings is 1. The summed E-state index contributed by atoms with van der Waals surface area (Å²) in [6, 6.07) is 14.7. The third-order valence-corrected chi connectivity index (χ3v) is 5.14. The van der Waals surface area contributed by atoms with Gasteiger partial charge in [-0.25, -0.2) is 4.79 Å². The summed E-state index contributed by atoms with van der Waals surface area (Å²) in [6.45, 7) is 4.14. The molecule has 1 heterocycles. The van der Waals surface area contributed by atoms with Crippen molar-refractivity contribution in [1.29, 1.82) is 0 Å². The summed E-state index contributed by atoms with van der Waals surface area (Å²) in [5.41, 5.74) is 4.05. The van der Waals surface area contributed by atoms with Gasteiger partial charge in [-0.05, 0) is 49.4 Å². The van der Waals surface area contributed by atoms with Crippen molar-refractivity contribution in [3.05, 3.63) is 71.3 Å². The molecular formula is C24H28N2O3. The minimum Gasteiger partial charge on any atom is -0.478 e. The van der Waals surface area contributed by atoms with Crippen LogP contribution in [0.5, 0.6) is 0 Å². The smallest absolute Gasteiger partial charge is 0.335 e. The third kappa shape index (κ3) is 5.47. The fraction of sp³-hybridized carbons (Fsp3) is 0.333. The number of carboxylic acids is 1. The van der Waals surface area contributed by atoms with Crippen LogP contribution in [0.15, 0.2) is 54.6 Å². The second-order valence-corrected chi connectivity index (χ2v) is 7.32. The van der Waals surface area contributed by atoms with E-state index in [0.717, 1.165) is 42.0 Å². The summed E-state index contributed by atoms with van der Waals surface area (Å²) in [5, 5.41) is 12.1. The van der Waals surface area contributed by atoms with Crippen molar-refractivity contribution in [3.63, 3.8) is 0 Å². The van der Waals surface area contributed by atoms with Gasteiger partial charge in [0.25, 0.3) is 0 Å². The van der Waals surface area contributed by atoms with E-state index in [4.69, 9.17) is 5.11 Å². The monoisotopic (exact) mass is 392 g/mol. The molecule has 0 unspecified atom stereocenters. The normalized spacial score (nSPS) is 14.5. The topological polar surface area (TPSA) is 69.6 Å². The lowest BCUT2D eigenvalue weighted by Crippen LogP contribution is -2.31. The molecule has 1 aliphatic heterocycles. The summed E-state index contributed by atoms with van der Waals surface area (Å²) >= 11 is 0. The van der Waals surface area contributed by atoms with Crippen LogP contribution < -0.4 is 10.2 Å². The summed E-state index contributed by atoms with van der Waals surface area (Å²) in [4.78, 5) is 26.1. The summed E-state index contributed by atoms with van der Waals surface area (Å²) in [7, 11) is 0. The summed E-state index contributed by atoms with van der Waals surface area (Å²) in [6.07, 6.45) is 6.73. The Balaban J connectivity index is 1.76. The van der Waals surface area contributed by atoms with Gasteiger partial charge in [-0.3, -0.25) is 4.79 Å². The van der Waals surface area contributed by atoms with Gasteiger partial charge in [-0.1, -0.05) is 43.3 Å². The van der Waals surface area contributed by atoms with Crippen molar-refractivity contribution in [2.45, 2.75) is 39.0 Å². The number of carbonyl (C=O) groups excluding carboxylic acids is 1.